The number of aromatic nitrogens is 8. The van der Waals surface area contributed by atoms with Crippen molar-refractivity contribution in [2.45, 2.75) is 0 Å². The lowest BCUT2D eigenvalue weighted by molar-refractivity contribution is 0.955. The van der Waals surface area contributed by atoms with Gasteiger partial charge in [0.1, 0.15) is 0 Å². The predicted octanol–water partition coefficient (Wildman–Crippen LogP) is 14.3. The summed E-state index contributed by atoms with van der Waals surface area (Å²) in [5.41, 5.74) is 11.9. The van der Waals surface area contributed by atoms with E-state index in [9.17, 15) is 0 Å². The normalized spacial score (nSPS) is 11.5. The van der Waals surface area contributed by atoms with Gasteiger partial charge in [0.25, 0.3) is 0 Å². The Morgan fingerprint density at radius 1 is 0.250 bits per heavy atom. The molecule has 0 spiro atoms. The molecule has 0 atom stereocenters. The number of benzene rings is 9. The number of para-hydroxylation sites is 2. The molecule has 0 N–H and O–H groups in total. The fourth-order valence-corrected chi connectivity index (χ4v) is 9.47. The van der Waals surface area contributed by atoms with Crippen molar-refractivity contribution < 1.29 is 0 Å². The van der Waals surface area contributed by atoms with Crippen LogP contribution in [-0.4, -0.2) is 39.0 Å². The van der Waals surface area contributed by atoms with Gasteiger partial charge in [0.2, 0.25) is 5.95 Å². The van der Waals surface area contributed by atoms with Gasteiger partial charge in [-0.05, 0) is 41.5 Å². The molecular formula is C60H38N8. The molecule has 8 nitrogen and oxygen atoms in total. The molecule has 0 amide bonds. The molecule has 8 heteroatoms. The van der Waals surface area contributed by atoms with E-state index in [0.717, 1.165) is 88.2 Å². The Morgan fingerprint density at radius 2 is 0.662 bits per heavy atom. The second kappa shape index (κ2) is 16.2. The highest BCUT2D eigenvalue weighted by Gasteiger charge is 2.24. The standard InChI is InChI=1S/C60H38N8/c1-5-18-39(19-6-1)40-32-34-44(35-33-40)56-61-55(41-20-7-2-8-21-41)62-59(63-56)45-26-17-27-46(38-45)67-51-31-16-14-29-49(51)53-52(67)37-36-48-47-28-13-15-30-50(47)68(54(48)53)60-65-57(42-22-9-3-10-23-42)64-58(66-60)43-24-11-4-12-25-43/h1-38H. The fourth-order valence-electron chi connectivity index (χ4n) is 9.47. The summed E-state index contributed by atoms with van der Waals surface area (Å²) < 4.78 is 4.57. The van der Waals surface area contributed by atoms with Crippen LogP contribution in [0.3, 0.4) is 0 Å². The lowest BCUT2D eigenvalue weighted by Crippen LogP contribution is -2.06. The molecule has 0 aliphatic carbocycles. The van der Waals surface area contributed by atoms with E-state index >= 15 is 0 Å². The van der Waals surface area contributed by atoms with Gasteiger partial charge in [0.05, 0.1) is 22.1 Å². The lowest BCUT2D eigenvalue weighted by Gasteiger charge is -2.12. The first-order chi connectivity index (χ1) is 33.7. The van der Waals surface area contributed by atoms with E-state index in [2.05, 4.69) is 143 Å². The number of fused-ring (bicyclic) bond motifs is 7. The molecular weight excluding hydrogens is 833 g/mol. The Hall–Kier alpha value is -9.40. The average Bonchev–Trinajstić information content (AvgIpc) is 3.95. The molecule has 4 heterocycles. The highest BCUT2D eigenvalue weighted by Crippen LogP contribution is 2.42. The van der Waals surface area contributed by atoms with Crippen molar-refractivity contribution in [2.24, 2.45) is 0 Å². The van der Waals surface area contributed by atoms with Crippen molar-refractivity contribution >= 4 is 43.6 Å². The molecule has 9 aromatic carbocycles. The smallest absolute Gasteiger partial charge is 0.238 e. The summed E-state index contributed by atoms with van der Waals surface area (Å²) in [6, 6.07) is 79.3. The van der Waals surface area contributed by atoms with E-state index < -0.39 is 0 Å². The van der Waals surface area contributed by atoms with E-state index in [1.807, 2.05) is 97.1 Å². The molecule has 13 rings (SSSR count). The zero-order valence-electron chi connectivity index (χ0n) is 36.5. The van der Waals surface area contributed by atoms with Gasteiger partial charge < -0.3 is 4.57 Å². The van der Waals surface area contributed by atoms with Crippen molar-refractivity contribution in [3.63, 3.8) is 0 Å². The first kappa shape index (κ1) is 39.0. The maximum absolute atomic E-state index is 5.26. The molecule has 13 aromatic rings. The zero-order valence-corrected chi connectivity index (χ0v) is 36.5. The minimum atomic E-state index is 0.546. The summed E-state index contributed by atoms with van der Waals surface area (Å²) in [5.74, 6) is 3.56. The maximum Gasteiger partial charge on any atom is 0.238 e. The summed E-state index contributed by atoms with van der Waals surface area (Å²) in [4.78, 5) is 30.9. The third kappa shape index (κ3) is 6.70. The van der Waals surface area contributed by atoms with Gasteiger partial charge in [-0.2, -0.15) is 9.97 Å². The molecule has 0 aliphatic heterocycles. The summed E-state index contributed by atoms with van der Waals surface area (Å²) >= 11 is 0. The minimum absolute atomic E-state index is 0.546. The molecule has 0 saturated heterocycles. The Balaban J connectivity index is 1.02. The van der Waals surface area contributed by atoms with Crippen molar-refractivity contribution in [1.29, 1.82) is 0 Å². The summed E-state index contributed by atoms with van der Waals surface area (Å²) in [5, 5.41) is 4.42. The van der Waals surface area contributed by atoms with Crippen molar-refractivity contribution in [1.82, 2.24) is 39.0 Å². The van der Waals surface area contributed by atoms with Crippen LogP contribution in [0.15, 0.2) is 231 Å². The highest BCUT2D eigenvalue weighted by molar-refractivity contribution is 6.26. The third-order valence-electron chi connectivity index (χ3n) is 12.6. The first-order valence-corrected chi connectivity index (χ1v) is 22.6. The molecule has 0 fully saturated rings. The third-order valence-corrected chi connectivity index (χ3v) is 12.6. The Kier molecular flexibility index (Phi) is 9.31. The van der Waals surface area contributed by atoms with Crippen LogP contribution in [0.1, 0.15) is 0 Å². The summed E-state index contributed by atoms with van der Waals surface area (Å²) in [6.45, 7) is 0. The van der Waals surface area contributed by atoms with Crippen LogP contribution in [-0.2, 0) is 0 Å². The van der Waals surface area contributed by atoms with Gasteiger partial charge in [-0.3, -0.25) is 4.57 Å². The number of nitrogens with zero attached hydrogens (tertiary/aromatic N) is 8. The molecule has 318 valence electrons. The van der Waals surface area contributed by atoms with Crippen LogP contribution in [0.2, 0.25) is 0 Å². The van der Waals surface area contributed by atoms with Crippen molar-refractivity contribution in [3.8, 4) is 79.7 Å². The predicted molar refractivity (Wildman–Crippen MR) is 275 cm³/mol. The SMILES string of the molecule is c1ccc(-c2ccc(-c3nc(-c4ccccc4)nc(-c4cccc(-n5c6ccccc6c6c5ccc5c7ccccc7n(-c7nc(-c8ccccc8)nc(-c8ccccc8)n7)c56)c4)n3)cc2)cc1. The van der Waals surface area contributed by atoms with Gasteiger partial charge in [-0.25, -0.2) is 19.9 Å². The van der Waals surface area contributed by atoms with E-state index in [1.54, 1.807) is 0 Å². The van der Waals surface area contributed by atoms with Crippen LogP contribution >= 0.6 is 0 Å². The van der Waals surface area contributed by atoms with Gasteiger partial charge in [0, 0.05) is 55.0 Å². The molecule has 0 aliphatic rings. The van der Waals surface area contributed by atoms with E-state index in [0.29, 0.717) is 35.1 Å². The second-order valence-corrected chi connectivity index (χ2v) is 16.7. The van der Waals surface area contributed by atoms with Crippen molar-refractivity contribution in [3.05, 3.63) is 231 Å². The van der Waals surface area contributed by atoms with Gasteiger partial charge in [-0.1, -0.05) is 200 Å². The Bertz CT molecular complexity index is 3940. The van der Waals surface area contributed by atoms with Crippen LogP contribution in [0.5, 0.6) is 0 Å². The monoisotopic (exact) mass is 870 g/mol. The Morgan fingerprint density at radius 3 is 1.24 bits per heavy atom. The van der Waals surface area contributed by atoms with Gasteiger partial charge in [-0.15, -0.1) is 0 Å². The minimum Gasteiger partial charge on any atom is -0.309 e. The second-order valence-electron chi connectivity index (χ2n) is 16.7. The molecule has 0 bridgehead atoms. The van der Waals surface area contributed by atoms with E-state index in [1.165, 1.54) is 0 Å². The molecule has 68 heavy (non-hydrogen) atoms. The molecule has 4 aromatic heterocycles. The lowest BCUT2D eigenvalue weighted by atomic mass is 10.0. The van der Waals surface area contributed by atoms with Crippen molar-refractivity contribution in [2.75, 3.05) is 0 Å². The number of hydrogen-bond acceptors (Lipinski definition) is 6. The van der Waals surface area contributed by atoms with Gasteiger partial charge in [0.15, 0.2) is 29.1 Å². The Labute approximate surface area is 391 Å². The van der Waals surface area contributed by atoms with Crippen LogP contribution < -0.4 is 0 Å². The molecule has 0 unspecified atom stereocenters. The van der Waals surface area contributed by atoms with E-state index in [4.69, 9.17) is 29.9 Å². The zero-order chi connectivity index (χ0) is 45.0. The quantitative estimate of drug-likeness (QED) is 0.151. The molecule has 0 saturated carbocycles. The highest BCUT2D eigenvalue weighted by atomic mass is 15.2. The summed E-state index contributed by atoms with van der Waals surface area (Å²) in [6.07, 6.45) is 0. The largest absolute Gasteiger partial charge is 0.309 e. The number of hydrogen-bond donors (Lipinski definition) is 0. The fraction of sp³-hybridized carbons (Fsp3) is 0. The summed E-state index contributed by atoms with van der Waals surface area (Å²) in [7, 11) is 0. The topological polar surface area (TPSA) is 87.2 Å². The van der Waals surface area contributed by atoms with Crippen LogP contribution in [0.25, 0.3) is 123 Å². The van der Waals surface area contributed by atoms with Gasteiger partial charge >= 0.3 is 0 Å². The average molecular weight is 871 g/mol. The maximum atomic E-state index is 5.26. The van der Waals surface area contributed by atoms with Crippen LogP contribution in [0, 0.1) is 0 Å². The molecule has 0 radical (unpaired) electrons. The number of rotatable bonds is 8. The van der Waals surface area contributed by atoms with E-state index in [-0.39, 0.29) is 0 Å². The van der Waals surface area contributed by atoms with Crippen LogP contribution in [0.4, 0.5) is 0 Å². The first-order valence-electron chi connectivity index (χ1n) is 22.6.